The van der Waals surface area contributed by atoms with Crippen molar-refractivity contribution in [3.63, 3.8) is 0 Å². The summed E-state index contributed by atoms with van der Waals surface area (Å²) in [6, 6.07) is 13.3. The number of aromatic nitrogens is 3. The predicted octanol–water partition coefficient (Wildman–Crippen LogP) is 2.55. The van der Waals surface area contributed by atoms with Gasteiger partial charge in [-0.1, -0.05) is 18.2 Å². The van der Waals surface area contributed by atoms with E-state index >= 15 is 0 Å². The molecule has 118 valence electrons. The number of benzene rings is 2. The summed E-state index contributed by atoms with van der Waals surface area (Å²) in [4.78, 5) is 13.7. The molecule has 0 unspecified atom stereocenters. The van der Waals surface area contributed by atoms with Crippen LogP contribution in [-0.4, -0.2) is 28.0 Å². The summed E-state index contributed by atoms with van der Waals surface area (Å²) in [6.45, 7) is 0. The van der Waals surface area contributed by atoms with Crippen LogP contribution in [-0.2, 0) is 18.3 Å². The first-order valence-electron chi connectivity index (χ1n) is 7.38. The van der Waals surface area contributed by atoms with Gasteiger partial charge in [0.1, 0.15) is 16.8 Å². The van der Waals surface area contributed by atoms with Crippen molar-refractivity contribution in [2.45, 2.75) is 12.8 Å². The molecule has 0 aliphatic carbocycles. The zero-order valence-corrected chi connectivity index (χ0v) is 13.1. The molecule has 0 saturated carbocycles. The summed E-state index contributed by atoms with van der Waals surface area (Å²) in [6.07, 6.45) is 1.04. The summed E-state index contributed by atoms with van der Waals surface area (Å²) < 4.78 is 5.19. The van der Waals surface area contributed by atoms with Crippen LogP contribution >= 0.6 is 0 Å². The van der Waals surface area contributed by atoms with Crippen LogP contribution in [0.2, 0.25) is 0 Å². The van der Waals surface area contributed by atoms with E-state index in [1.807, 2.05) is 42.5 Å². The van der Waals surface area contributed by atoms with Crippen LogP contribution in [0, 0.1) is 0 Å². The van der Waals surface area contributed by atoms with Crippen LogP contribution < -0.4 is 10.1 Å². The standard InChI is InChI=1S/C17H18N4O2/c1-21-19-15-8-4-7-14(17(15)20-21)18-16(22)10-9-12-5-3-6-13(11-12)23-2/h3-8,11H,9-10H2,1-2H3,(H,18,22). The number of rotatable bonds is 5. The molecule has 1 heterocycles. The molecule has 0 atom stereocenters. The molecule has 1 aromatic heterocycles. The Balaban J connectivity index is 1.66. The molecule has 0 bridgehead atoms. The second-order valence-corrected chi connectivity index (χ2v) is 5.26. The summed E-state index contributed by atoms with van der Waals surface area (Å²) in [7, 11) is 3.39. The maximum absolute atomic E-state index is 12.2. The molecule has 3 rings (SSSR count). The third kappa shape index (κ3) is 3.48. The molecular weight excluding hydrogens is 292 g/mol. The number of nitrogens with zero attached hydrogens (tertiary/aromatic N) is 3. The summed E-state index contributed by atoms with van der Waals surface area (Å²) in [5.74, 6) is 0.748. The third-order valence-electron chi connectivity index (χ3n) is 3.56. The lowest BCUT2D eigenvalue weighted by molar-refractivity contribution is -0.116. The summed E-state index contributed by atoms with van der Waals surface area (Å²) in [5.41, 5.74) is 3.21. The topological polar surface area (TPSA) is 69.0 Å². The van der Waals surface area contributed by atoms with Gasteiger partial charge in [0.05, 0.1) is 12.8 Å². The number of nitrogens with one attached hydrogen (secondary N) is 1. The largest absolute Gasteiger partial charge is 0.497 e. The first-order valence-corrected chi connectivity index (χ1v) is 7.38. The normalized spacial score (nSPS) is 10.7. The minimum Gasteiger partial charge on any atom is -0.497 e. The van der Waals surface area contributed by atoms with Crippen LogP contribution in [0.3, 0.4) is 0 Å². The zero-order valence-electron chi connectivity index (χ0n) is 13.1. The fourth-order valence-electron chi connectivity index (χ4n) is 2.44. The van der Waals surface area contributed by atoms with Gasteiger partial charge in [0.25, 0.3) is 0 Å². The lowest BCUT2D eigenvalue weighted by Crippen LogP contribution is -2.12. The maximum atomic E-state index is 12.2. The minimum absolute atomic E-state index is 0.0500. The van der Waals surface area contributed by atoms with Crippen LogP contribution in [0.1, 0.15) is 12.0 Å². The van der Waals surface area contributed by atoms with E-state index in [4.69, 9.17) is 4.74 Å². The Kier molecular flexibility index (Phi) is 4.23. The van der Waals surface area contributed by atoms with Crippen molar-refractivity contribution >= 4 is 22.6 Å². The second-order valence-electron chi connectivity index (χ2n) is 5.26. The van der Waals surface area contributed by atoms with Gasteiger partial charge in [-0.05, 0) is 36.2 Å². The molecule has 0 aliphatic rings. The van der Waals surface area contributed by atoms with Gasteiger partial charge in [0.15, 0.2) is 0 Å². The molecule has 1 amide bonds. The Bertz CT molecular complexity index is 841. The van der Waals surface area contributed by atoms with Gasteiger partial charge in [-0.3, -0.25) is 4.79 Å². The predicted molar refractivity (Wildman–Crippen MR) is 88.5 cm³/mol. The van der Waals surface area contributed by atoms with Crippen LogP contribution in [0.4, 0.5) is 5.69 Å². The molecule has 0 fully saturated rings. The molecule has 6 heteroatoms. The highest BCUT2D eigenvalue weighted by Crippen LogP contribution is 2.20. The van der Waals surface area contributed by atoms with Gasteiger partial charge in [-0.2, -0.15) is 15.0 Å². The molecule has 3 aromatic rings. The highest BCUT2D eigenvalue weighted by molar-refractivity contribution is 5.99. The average molecular weight is 310 g/mol. The van der Waals surface area contributed by atoms with E-state index < -0.39 is 0 Å². The van der Waals surface area contributed by atoms with Crippen molar-refractivity contribution in [2.75, 3.05) is 12.4 Å². The summed E-state index contributed by atoms with van der Waals surface area (Å²) >= 11 is 0. The molecule has 0 spiro atoms. The lowest BCUT2D eigenvalue weighted by atomic mass is 10.1. The second kappa shape index (κ2) is 6.48. The highest BCUT2D eigenvalue weighted by atomic mass is 16.5. The quantitative estimate of drug-likeness (QED) is 0.786. The molecule has 6 nitrogen and oxygen atoms in total. The number of amides is 1. The Morgan fingerprint density at radius 3 is 2.87 bits per heavy atom. The van der Waals surface area contributed by atoms with Gasteiger partial charge in [-0.25, -0.2) is 0 Å². The number of ether oxygens (including phenoxy) is 1. The van der Waals surface area contributed by atoms with E-state index in [9.17, 15) is 4.79 Å². The van der Waals surface area contributed by atoms with Crippen molar-refractivity contribution in [1.82, 2.24) is 15.0 Å². The van der Waals surface area contributed by atoms with E-state index in [-0.39, 0.29) is 5.91 Å². The number of fused-ring (bicyclic) bond motifs is 1. The number of hydrogen-bond donors (Lipinski definition) is 1. The number of aryl methyl sites for hydroxylation is 2. The maximum Gasteiger partial charge on any atom is 0.224 e. The monoisotopic (exact) mass is 310 g/mol. The number of anilines is 1. The molecule has 0 aliphatic heterocycles. The third-order valence-corrected chi connectivity index (χ3v) is 3.56. The lowest BCUT2D eigenvalue weighted by Gasteiger charge is -2.06. The Morgan fingerprint density at radius 1 is 1.22 bits per heavy atom. The van der Waals surface area contributed by atoms with Gasteiger partial charge < -0.3 is 10.1 Å². The van der Waals surface area contributed by atoms with E-state index in [0.717, 1.165) is 16.8 Å². The van der Waals surface area contributed by atoms with Crippen molar-refractivity contribution in [2.24, 2.45) is 7.05 Å². The Hall–Kier alpha value is -2.89. The SMILES string of the molecule is COc1cccc(CCC(=O)Nc2cccc3nn(C)nc23)c1. The van der Waals surface area contributed by atoms with Crippen molar-refractivity contribution < 1.29 is 9.53 Å². The van der Waals surface area contributed by atoms with E-state index in [1.54, 1.807) is 14.2 Å². The molecule has 0 saturated heterocycles. The number of carbonyl (C=O) groups excluding carboxylic acids is 1. The molecular formula is C17H18N4O2. The number of carbonyl (C=O) groups is 1. The average Bonchev–Trinajstić information content (AvgIpc) is 2.94. The molecule has 0 radical (unpaired) electrons. The van der Waals surface area contributed by atoms with Crippen LogP contribution in [0.25, 0.3) is 11.0 Å². The Morgan fingerprint density at radius 2 is 2.04 bits per heavy atom. The van der Waals surface area contributed by atoms with Crippen molar-refractivity contribution in [3.8, 4) is 5.75 Å². The van der Waals surface area contributed by atoms with Gasteiger partial charge in [0, 0.05) is 13.5 Å². The van der Waals surface area contributed by atoms with Crippen LogP contribution in [0.5, 0.6) is 5.75 Å². The first-order chi connectivity index (χ1) is 11.2. The Labute approximate surface area is 134 Å². The molecule has 23 heavy (non-hydrogen) atoms. The fourth-order valence-corrected chi connectivity index (χ4v) is 2.44. The summed E-state index contributed by atoms with van der Waals surface area (Å²) in [5, 5.41) is 11.4. The highest BCUT2D eigenvalue weighted by Gasteiger charge is 2.09. The van der Waals surface area contributed by atoms with E-state index in [1.165, 1.54) is 4.80 Å². The van der Waals surface area contributed by atoms with Crippen LogP contribution in [0.15, 0.2) is 42.5 Å². The molecule has 1 N–H and O–H groups in total. The first kappa shape index (κ1) is 15.0. The van der Waals surface area contributed by atoms with Gasteiger partial charge in [-0.15, -0.1) is 0 Å². The smallest absolute Gasteiger partial charge is 0.224 e. The van der Waals surface area contributed by atoms with E-state index in [2.05, 4.69) is 15.5 Å². The minimum atomic E-state index is -0.0500. The van der Waals surface area contributed by atoms with Crippen molar-refractivity contribution in [3.05, 3.63) is 48.0 Å². The zero-order chi connectivity index (χ0) is 16.2. The van der Waals surface area contributed by atoms with Crippen molar-refractivity contribution in [1.29, 1.82) is 0 Å². The molecule has 2 aromatic carbocycles. The number of methoxy groups -OCH3 is 1. The fraction of sp³-hybridized carbons (Fsp3) is 0.235. The van der Waals surface area contributed by atoms with Gasteiger partial charge >= 0.3 is 0 Å². The van der Waals surface area contributed by atoms with E-state index in [0.29, 0.717) is 24.0 Å². The number of hydrogen-bond acceptors (Lipinski definition) is 4. The van der Waals surface area contributed by atoms with Gasteiger partial charge in [0.2, 0.25) is 5.91 Å².